The van der Waals surface area contributed by atoms with Gasteiger partial charge < -0.3 is 19.9 Å². The molecule has 3 rings (SSSR count). The number of hydrogen-bond acceptors (Lipinski definition) is 4. The average Bonchev–Trinajstić information content (AvgIpc) is 2.99. The first-order chi connectivity index (χ1) is 13.4. The van der Waals surface area contributed by atoms with Crippen LogP contribution in [0.15, 0.2) is 12.1 Å². The number of morpholine rings is 1. The van der Waals surface area contributed by atoms with Crippen molar-refractivity contribution in [1.82, 2.24) is 20.0 Å². The number of benzene rings is 1. The summed E-state index contributed by atoms with van der Waals surface area (Å²) < 4.78 is 32.0. The van der Waals surface area contributed by atoms with Crippen molar-refractivity contribution in [3.63, 3.8) is 0 Å². The Morgan fingerprint density at radius 3 is 2.66 bits per heavy atom. The third-order valence-corrected chi connectivity index (χ3v) is 5.50. The van der Waals surface area contributed by atoms with Gasteiger partial charge in [0.2, 0.25) is 5.91 Å². The van der Waals surface area contributed by atoms with E-state index in [0.29, 0.717) is 19.8 Å². The fraction of sp³-hybridized carbons (Fsp3) is 0.556. The molecule has 2 aliphatic rings. The van der Waals surface area contributed by atoms with E-state index in [1.54, 1.807) is 11.9 Å². The van der Waals surface area contributed by atoms with Crippen molar-refractivity contribution in [3.8, 4) is 0 Å². The fourth-order valence-electron chi connectivity index (χ4n) is 3.30. The Balaban J connectivity index is 0.00000300. The molecule has 0 bridgehead atoms. The van der Waals surface area contributed by atoms with Gasteiger partial charge in [0.15, 0.2) is 11.6 Å². The minimum Gasteiger partial charge on any atom is -0.379 e. The third kappa shape index (κ3) is 5.48. The van der Waals surface area contributed by atoms with E-state index in [-0.39, 0.29) is 48.0 Å². The molecule has 0 radical (unpaired) electrons. The molecule has 0 spiro atoms. The number of likely N-dealkylation sites (N-methyl/N-ethyl adjacent to an activating group) is 1. The number of halogens is 4. The Hall–Kier alpha value is -1.68. The molecule has 0 aliphatic carbocycles. The van der Waals surface area contributed by atoms with Crippen LogP contribution >= 0.6 is 24.0 Å². The fourth-order valence-corrected chi connectivity index (χ4v) is 3.52. The second-order valence-electron chi connectivity index (χ2n) is 6.86. The molecule has 162 valence electrons. The molecule has 1 aromatic rings. The van der Waals surface area contributed by atoms with Crippen LogP contribution in [0.25, 0.3) is 0 Å². The Morgan fingerprint density at radius 2 is 1.97 bits per heavy atom. The summed E-state index contributed by atoms with van der Waals surface area (Å²) in [7, 11) is 1.58. The highest BCUT2D eigenvalue weighted by Gasteiger charge is 2.38. The Bertz CT molecular complexity index is 750. The predicted octanol–water partition coefficient (Wildman–Crippen LogP) is 1.72. The van der Waals surface area contributed by atoms with Gasteiger partial charge >= 0.3 is 6.03 Å². The van der Waals surface area contributed by atoms with Gasteiger partial charge in [-0.15, -0.1) is 12.4 Å². The van der Waals surface area contributed by atoms with Crippen LogP contribution in [0.1, 0.15) is 5.56 Å². The molecule has 1 atom stereocenters. The maximum atomic E-state index is 13.5. The maximum absolute atomic E-state index is 13.5. The highest BCUT2D eigenvalue weighted by Crippen LogP contribution is 2.22. The molecule has 0 saturated carbocycles. The second-order valence-corrected chi connectivity index (χ2v) is 7.24. The van der Waals surface area contributed by atoms with Crippen LogP contribution in [0.3, 0.4) is 0 Å². The van der Waals surface area contributed by atoms with Gasteiger partial charge in [-0.1, -0.05) is 17.7 Å². The van der Waals surface area contributed by atoms with Gasteiger partial charge in [-0.3, -0.25) is 9.69 Å². The zero-order valence-corrected chi connectivity index (χ0v) is 17.6. The van der Waals surface area contributed by atoms with Crippen LogP contribution in [-0.2, 0) is 16.1 Å². The van der Waals surface area contributed by atoms with Gasteiger partial charge in [-0.25, -0.2) is 13.6 Å². The van der Waals surface area contributed by atoms with Crippen LogP contribution in [0.2, 0.25) is 5.02 Å². The monoisotopic (exact) mass is 452 g/mol. The van der Waals surface area contributed by atoms with Crippen molar-refractivity contribution >= 4 is 35.9 Å². The van der Waals surface area contributed by atoms with Crippen molar-refractivity contribution < 1.29 is 23.1 Å². The summed E-state index contributed by atoms with van der Waals surface area (Å²) >= 11 is 5.78. The summed E-state index contributed by atoms with van der Waals surface area (Å²) in [6, 6.07) is 1.42. The first-order valence-electron chi connectivity index (χ1n) is 9.10. The van der Waals surface area contributed by atoms with E-state index in [1.807, 2.05) is 0 Å². The van der Waals surface area contributed by atoms with Crippen LogP contribution in [-0.4, -0.2) is 85.7 Å². The number of hydrogen-bond donors (Lipinski definition) is 1. The predicted molar refractivity (Wildman–Crippen MR) is 106 cm³/mol. The first-order valence-corrected chi connectivity index (χ1v) is 9.48. The lowest BCUT2D eigenvalue weighted by Crippen LogP contribution is -2.43. The number of ether oxygens (including phenoxy) is 1. The highest BCUT2D eigenvalue weighted by molar-refractivity contribution is 6.31. The molecule has 3 amide bonds. The van der Waals surface area contributed by atoms with E-state index in [0.717, 1.165) is 25.7 Å². The highest BCUT2D eigenvalue weighted by atomic mass is 35.5. The van der Waals surface area contributed by atoms with Gasteiger partial charge in [0.05, 0.1) is 24.8 Å². The van der Waals surface area contributed by atoms with E-state index >= 15 is 0 Å². The normalized spacial score (nSPS) is 20.0. The Kier molecular flexibility index (Phi) is 8.45. The minimum atomic E-state index is -1.14. The van der Waals surface area contributed by atoms with Crippen LogP contribution in [0.5, 0.6) is 0 Å². The van der Waals surface area contributed by atoms with E-state index in [1.165, 1.54) is 11.0 Å². The number of carbonyl (C=O) groups is 2. The number of amides is 3. The van der Waals surface area contributed by atoms with Gasteiger partial charge in [-0.2, -0.15) is 0 Å². The second kappa shape index (κ2) is 10.4. The summed E-state index contributed by atoms with van der Waals surface area (Å²) in [5.74, 6) is -2.56. The summed E-state index contributed by atoms with van der Waals surface area (Å²) in [4.78, 5) is 30.2. The number of nitrogens with one attached hydrogen (secondary N) is 1. The summed E-state index contributed by atoms with van der Waals surface area (Å²) in [5, 5.41) is 2.29. The average molecular weight is 453 g/mol. The molecule has 11 heteroatoms. The van der Waals surface area contributed by atoms with Gasteiger partial charge in [0, 0.05) is 39.8 Å². The van der Waals surface area contributed by atoms with Gasteiger partial charge in [-0.05, 0) is 11.6 Å². The Morgan fingerprint density at radius 1 is 1.28 bits per heavy atom. The maximum Gasteiger partial charge on any atom is 0.320 e. The minimum absolute atomic E-state index is 0. The van der Waals surface area contributed by atoms with Gasteiger partial charge in [0.25, 0.3) is 0 Å². The molecule has 2 heterocycles. The van der Waals surface area contributed by atoms with Crippen molar-refractivity contribution in [2.75, 3.05) is 53.0 Å². The molecule has 1 aromatic carbocycles. The number of nitrogens with zero attached hydrogens (tertiary/aromatic N) is 3. The number of rotatable bonds is 6. The summed E-state index contributed by atoms with van der Waals surface area (Å²) in [6.45, 7) is 4.51. The van der Waals surface area contributed by atoms with Crippen molar-refractivity contribution in [1.29, 1.82) is 0 Å². The molecule has 29 heavy (non-hydrogen) atoms. The molecule has 0 aromatic heterocycles. The molecule has 2 aliphatic heterocycles. The zero-order valence-electron chi connectivity index (χ0n) is 16.0. The third-order valence-electron chi connectivity index (χ3n) is 5.09. The molecule has 1 N–H and O–H groups in total. The quantitative estimate of drug-likeness (QED) is 0.667. The molecule has 1 unspecified atom stereocenters. The number of urea groups is 1. The van der Waals surface area contributed by atoms with Crippen LogP contribution in [0.4, 0.5) is 13.6 Å². The standard InChI is InChI=1S/C18H23ClF2N4O3.ClH/c1-23-14(11-25(18(23)27)5-4-24-6-8-28-9-7-24)17(26)22-10-12-2-3-13(20)16(21)15(12)19;/h2-3,14H,4-11H2,1H3,(H,22,26);1H. The lowest BCUT2D eigenvalue weighted by atomic mass is 10.2. The van der Waals surface area contributed by atoms with E-state index in [4.69, 9.17) is 16.3 Å². The van der Waals surface area contributed by atoms with Gasteiger partial charge in [0.1, 0.15) is 6.04 Å². The molecular weight excluding hydrogens is 429 g/mol. The Labute approximate surface area is 179 Å². The number of carbonyl (C=O) groups excluding carboxylic acids is 2. The molecule has 7 nitrogen and oxygen atoms in total. The smallest absolute Gasteiger partial charge is 0.320 e. The zero-order chi connectivity index (χ0) is 20.3. The topological polar surface area (TPSA) is 65.1 Å². The van der Waals surface area contributed by atoms with Crippen LogP contribution < -0.4 is 5.32 Å². The molecule has 2 fully saturated rings. The van der Waals surface area contributed by atoms with Crippen molar-refractivity contribution in [2.45, 2.75) is 12.6 Å². The molecular formula is C18H24Cl2F2N4O3. The first kappa shape index (κ1) is 23.6. The SMILES string of the molecule is CN1C(=O)N(CCN2CCOCC2)CC1C(=O)NCc1ccc(F)c(F)c1Cl.Cl. The lowest BCUT2D eigenvalue weighted by Gasteiger charge is -2.28. The van der Waals surface area contributed by atoms with E-state index in [9.17, 15) is 18.4 Å². The summed E-state index contributed by atoms with van der Waals surface area (Å²) in [6.07, 6.45) is 0. The van der Waals surface area contributed by atoms with Crippen LogP contribution in [0, 0.1) is 11.6 Å². The largest absolute Gasteiger partial charge is 0.379 e. The van der Waals surface area contributed by atoms with Crippen molar-refractivity contribution in [2.24, 2.45) is 0 Å². The van der Waals surface area contributed by atoms with E-state index < -0.39 is 17.7 Å². The van der Waals surface area contributed by atoms with Crippen molar-refractivity contribution in [3.05, 3.63) is 34.4 Å². The van der Waals surface area contributed by atoms with E-state index in [2.05, 4.69) is 10.2 Å². The summed E-state index contributed by atoms with van der Waals surface area (Å²) in [5.41, 5.74) is 0.269. The lowest BCUT2D eigenvalue weighted by molar-refractivity contribution is -0.124. The molecule has 2 saturated heterocycles.